The normalized spacial score (nSPS) is 16.4. The SMILES string of the molecule is Cn1c(=O)[nH]c(=O)c2cc(C(=O)OCC3CCCCCC3)sc21. The van der Waals surface area contributed by atoms with E-state index in [0.717, 1.165) is 24.2 Å². The molecule has 0 saturated heterocycles. The average Bonchev–Trinajstić information content (AvgIpc) is 2.82. The summed E-state index contributed by atoms with van der Waals surface area (Å²) in [7, 11) is 1.57. The Hall–Kier alpha value is -1.89. The van der Waals surface area contributed by atoms with Gasteiger partial charge in [-0.2, -0.15) is 0 Å². The van der Waals surface area contributed by atoms with Crippen LogP contribution < -0.4 is 11.2 Å². The van der Waals surface area contributed by atoms with Crippen LogP contribution in [-0.2, 0) is 11.8 Å². The van der Waals surface area contributed by atoms with Gasteiger partial charge in [0.15, 0.2) is 0 Å². The van der Waals surface area contributed by atoms with Crippen molar-refractivity contribution in [1.82, 2.24) is 9.55 Å². The number of thiophene rings is 1. The maximum absolute atomic E-state index is 12.2. The largest absolute Gasteiger partial charge is 0.461 e. The number of aromatic amines is 1. The molecule has 0 aromatic carbocycles. The minimum Gasteiger partial charge on any atom is -0.461 e. The van der Waals surface area contributed by atoms with Crippen LogP contribution in [0.4, 0.5) is 0 Å². The van der Waals surface area contributed by atoms with E-state index in [4.69, 9.17) is 4.74 Å². The van der Waals surface area contributed by atoms with Crippen molar-refractivity contribution in [3.63, 3.8) is 0 Å². The van der Waals surface area contributed by atoms with Gasteiger partial charge in [-0.05, 0) is 24.8 Å². The van der Waals surface area contributed by atoms with Gasteiger partial charge in [-0.15, -0.1) is 11.3 Å². The van der Waals surface area contributed by atoms with E-state index in [9.17, 15) is 14.4 Å². The molecule has 1 fully saturated rings. The van der Waals surface area contributed by atoms with Crippen LogP contribution in [0.5, 0.6) is 0 Å². The van der Waals surface area contributed by atoms with E-state index in [-0.39, 0.29) is 0 Å². The van der Waals surface area contributed by atoms with E-state index in [2.05, 4.69) is 4.98 Å². The topological polar surface area (TPSA) is 81.2 Å². The van der Waals surface area contributed by atoms with Gasteiger partial charge in [-0.25, -0.2) is 9.59 Å². The number of H-pyrrole nitrogens is 1. The second kappa shape index (κ2) is 6.70. The first-order valence-corrected chi connectivity index (χ1v) is 8.78. The molecule has 2 aromatic rings. The quantitative estimate of drug-likeness (QED) is 0.689. The Morgan fingerprint density at radius 1 is 1.30 bits per heavy atom. The fourth-order valence-corrected chi connectivity index (χ4v) is 4.04. The standard InChI is InChI=1S/C16H20N2O4S/c1-18-14-11(13(19)17-16(18)21)8-12(23-14)15(20)22-9-10-6-4-2-3-5-7-10/h8,10H,2-7,9H2,1H3,(H,17,19,21). The van der Waals surface area contributed by atoms with Gasteiger partial charge in [0.2, 0.25) is 0 Å². The third kappa shape index (κ3) is 3.39. The van der Waals surface area contributed by atoms with E-state index in [1.807, 2.05) is 0 Å². The molecule has 0 atom stereocenters. The van der Waals surface area contributed by atoms with Crippen molar-refractivity contribution in [3.05, 3.63) is 31.8 Å². The van der Waals surface area contributed by atoms with Crippen LogP contribution in [-0.4, -0.2) is 22.1 Å². The molecule has 7 heteroatoms. The molecular weight excluding hydrogens is 316 g/mol. The molecule has 1 aliphatic carbocycles. The highest BCUT2D eigenvalue weighted by Gasteiger charge is 2.18. The number of rotatable bonds is 3. The first-order valence-electron chi connectivity index (χ1n) is 7.96. The number of aryl methyl sites for hydroxylation is 1. The maximum atomic E-state index is 12.2. The molecule has 0 aliphatic heterocycles. The van der Waals surface area contributed by atoms with Crippen molar-refractivity contribution in [1.29, 1.82) is 0 Å². The maximum Gasteiger partial charge on any atom is 0.348 e. The number of carbonyl (C=O) groups excluding carboxylic acids is 1. The van der Waals surface area contributed by atoms with Crippen LogP contribution in [0.3, 0.4) is 0 Å². The number of fused-ring (bicyclic) bond motifs is 1. The van der Waals surface area contributed by atoms with Crippen LogP contribution >= 0.6 is 11.3 Å². The first-order chi connectivity index (χ1) is 11.1. The van der Waals surface area contributed by atoms with Gasteiger partial charge in [0.25, 0.3) is 5.56 Å². The lowest BCUT2D eigenvalue weighted by Crippen LogP contribution is -2.27. The molecule has 0 spiro atoms. The molecule has 124 valence electrons. The molecule has 3 rings (SSSR count). The Bertz CT molecular complexity index is 825. The van der Waals surface area contributed by atoms with Crippen molar-refractivity contribution in [2.24, 2.45) is 13.0 Å². The summed E-state index contributed by atoms with van der Waals surface area (Å²) in [5.74, 6) is 0.0193. The second-order valence-corrected chi connectivity index (χ2v) is 7.13. The highest BCUT2D eigenvalue weighted by atomic mass is 32.1. The zero-order valence-electron chi connectivity index (χ0n) is 13.1. The predicted octanol–water partition coefficient (Wildman–Crippen LogP) is 2.42. The number of nitrogens with zero attached hydrogens (tertiary/aromatic N) is 1. The number of ether oxygens (including phenoxy) is 1. The molecule has 1 saturated carbocycles. The van der Waals surface area contributed by atoms with E-state index in [1.54, 1.807) is 7.05 Å². The average molecular weight is 336 g/mol. The van der Waals surface area contributed by atoms with Crippen LogP contribution in [0.2, 0.25) is 0 Å². The molecule has 0 unspecified atom stereocenters. The molecule has 6 nitrogen and oxygen atoms in total. The van der Waals surface area contributed by atoms with Gasteiger partial charge in [-0.3, -0.25) is 14.3 Å². The number of esters is 1. The van der Waals surface area contributed by atoms with Gasteiger partial charge in [0.1, 0.15) is 9.71 Å². The van der Waals surface area contributed by atoms with Gasteiger partial charge < -0.3 is 4.74 Å². The third-order valence-corrected chi connectivity index (χ3v) is 5.60. The summed E-state index contributed by atoms with van der Waals surface area (Å²) in [5, 5.41) is 0.346. The van der Waals surface area contributed by atoms with Crippen molar-refractivity contribution < 1.29 is 9.53 Å². The third-order valence-electron chi connectivity index (χ3n) is 4.41. The van der Waals surface area contributed by atoms with Crippen molar-refractivity contribution in [2.45, 2.75) is 38.5 Å². The summed E-state index contributed by atoms with van der Waals surface area (Å²) in [5.41, 5.74) is -0.954. The summed E-state index contributed by atoms with van der Waals surface area (Å²) >= 11 is 1.12. The summed E-state index contributed by atoms with van der Waals surface area (Å²) in [6.45, 7) is 0.433. The van der Waals surface area contributed by atoms with E-state index in [0.29, 0.717) is 27.6 Å². The molecule has 23 heavy (non-hydrogen) atoms. The summed E-state index contributed by atoms with van der Waals surface area (Å²) in [4.78, 5) is 38.7. The van der Waals surface area contributed by atoms with Crippen LogP contribution in [0, 0.1) is 5.92 Å². The smallest absolute Gasteiger partial charge is 0.348 e. The highest BCUT2D eigenvalue weighted by molar-refractivity contribution is 7.20. The fourth-order valence-electron chi connectivity index (χ4n) is 3.03. The molecule has 0 radical (unpaired) electrons. The zero-order chi connectivity index (χ0) is 16.4. The molecule has 0 bridgehead atoms. The lowest BCUT2D eigenvalue weighted by molar-refractivity contribution is 0.0433. The summed E-state index contributed by atoms with van der Waals surface area (Å²) in [6.07, 6.45) is 7.13. The Labute approximate surface area is 137 Å². The van der Waals surface area contributed by atoms with E-state index in [1.165, 1.54) is 36.3 Å². The minimum atomic E-state index is -0.484. The second-order valence-electron chi connectivity index (χ2n) is 6.10. The number of aromatic nitrogens is 2. The van der Waals surface area contributed by atoms with Crippen molar-refractivity contribution in [3.8, 4) is 0 Å². The molecule has 1 N–H and O–H groups in total. The fraction of sp³-hybridized carbons (Fsp3) is 0.562. The highest BCUT2D eigenvalue weighted by Crippen LogP contribution is 2.25. The molecular formula is C16H20N2O4S. The van der Waals surface area contributed by atoms with Gasteiger partial charge >= 0.3 is 11.7 Å². The number of nitrogens with one attached hydrogen (secondary N) is 1. The van der Waals surface area contributed by atoms with E-state index >= 15 is 0 Å². The number of hydrogen-bond donors (Lipinski definition) is 1. The van der Waals surface area contributed by atoms with Crippen LogP contribution in [0.25, 0.3) is 10.2 Å². The van der Waals surface area contributed by atoms with Gasteiger partial charge in [-0.1, -0.05) is 25.7 Å². The molecule has 2 aromatic heterocycles. The molecule has 1 aliphatic rings. The van der Waals surface area contributed by atoms with Crippen molar-refractivity contribution in [2.75, 3.05) is 6.61 Å². The Morgan fingerprint density at radius 3 is 2.70 bits per heavy atom. The molecule has 0 amide bonds. The lowest BCUT2D eigenvalue weighted by Gasteiger charge is -2.13. The monoisotopic (exact) mass is 336 g/mol. The Morgan fingerprint density at radius 2 is 2.00 bits per heavy atom. The van der Waals surface area contributed by atoms with Crippen molar-refractivity contribution >= 4 is 27.5 Å². The summed E-state index contributed by atoms with van der Waals surface area (Å²) in [6, 6.07) is 1.51. The Kier molecular flexibility index (Phi) is 4.66. The number of carbonyl (C=O) groups is 1. The summed E-state index contributed by atoms with van der Waals surface area (Å²) < 4.78 is 6.77. The minimum absolute atomic E-state index is 0.346. The molecule has 2 heterocycles. The van der Waals surface area contributed by atoms with Gasteiger partial charge in [0.05, 0.1) is 12.0 Å². The zero-order valence-corrected chi connectivity index (χ0v) is 13.9. The van der Waals surface area contributed by atoms with Crippen LogP contribution in [0.1, 0.15) is 48.2 Å². The van der Waals surface area contributed by atoms with Gasteiger partial charge in [0, 0.05) is 7.05 Å². The Balaban J connectivity index is 1.76. The van der Waals surface area contributed by atoms with Crippen LogP contribution in [0.15, 0.2) is 15.7 Å². The first kappa shape index (κ1) is 16.0. The predicted molar refractivity (Wildman–Crippen MR) is 89.2 cm³/mol. The lowest BCUT2D eigenvalue weighted by atomic mass is 10.0. The number of hydrogen-bond acceptors (Lipinski definition) is 5. The van der Waals surface area contributed by atoms with E-state index < -0.39 is 17.2 Å².